The minimum Gasteiger partial charge on any atom is -0.507 e. The average molecular weight is 355 g/mol. The van der Waals surface area contributed by atoms with Gasteiger partial charge in [0.1, 0.15) is 11.3 Å². The standard InChI is InChI=1S/C16H21NO6S/c1-10-4-5-14(18)13(8-10)16(20)23-11(2)15(19)17(3)12-6-7-24(21,22)9-12/h4-5,8,11-12,18H,6-7,9H2,1-3H3/t11-,12-/m1/s1. The number of hydrogen-bond acceptors (Lipinski definition) is 6. The summed E-state index contributed by atoms with van der Waals surface area (Å²) in [6.07, 6.45) is -0.699. The van der Waals surface area contributed by atoms with Gasteiger partial charge in [0.2, 0.25) is 0 Å². The van der Waals surface area contributed by atoms with Crippen LogP contribution >= 0.6 is 0 Å². The number of ether oxygens (including phenoxy) is 1. The number of nitrogens with zero attached hydrogens (tertiary/aromatic N) is 1. The molecule has 1 aliphatic rings. The van der Waals surface area contributed by atoms with Crippen LogP contribution < -0.4 is 0 Å². The molecule has 2 atom stereocenters. The molecule has 1 aromatic carbocycles. The number of aromatic hydroxyl groups is 1. The van der Waals surface area contributed by atoms with Crippen LogP contribution in [0.3, 0.4) is 0 Å². The number of carbonyl (C=O) groups excluding carboxylic acids is 2. The molecule has 132 valence electrons. The van der Waals surface area contributed by atoms with E-state index < -0.39 is 33.9 Å². The molecule has 2 rings (SSSR count). The number of aryl methyl sites for hydroxylation is 1. The van der Waals surface area contributed by atoms with Crippen LogP contribution in [0.25, 0.3) is 0 Å². The highest BCUT2D eigenvalue weighted by Crippen LogP contribution is 2.21. The van der Waals surface area contributed by atoms with Gasteiger partial charge in [0.15, 0.2) is 15.9 Å². The predicted molar refractivity (Wildman–Crippen MR) is 87.6 cm³/mol. The summed E-state index contributed by atoms with van der Waals surface area (Å²) in [5, 5.41) is 9.73. The summed E-state index contributed by atoms with van der Waals surface area (Å²) in [5.74, 6) is -1.52. The third-order valence-corrected chi connectivity index (χ3v) is 5.86. The second-order valence-corrected chi connectivity index (χ2v) is 8.30. The van der Waals surface area contributed by atoms with Gasteiger partial charge >= 0.3 is 5.97 Å². The number of benzene rings is 1. The van der Waals surface area contributed by atoms with Crippen molar-refractivity contribution in [3.63, 3.8) is 0 Å². The Balaban J connectivity index is 2.03. The molecule has 0 aliphatic carbocycles. The number of likely N-dealkylation sites (N-methyl/N-ethyl adjacent to an activating group) is 1. The first-order chi connectivity index (χ1) is 11.1. The van der Waals surface area contributed by atoms with Crippen molar-refractivity contribution in [3.05, 3.63) is 29.3 Å². The molecule has 1 aromatic rings. The second kappa shape index (κ2) is 6.80. The molecule has 0 aromatic heterocycles. The van der Waals surface area contributed by atoms with Crippen molar-refractivity contribution in [2.45, 2.75) is 32.4 Å². The van der Waals surface area contributed by atoms with Crippen LogP contribution in [-0.4, -0.2) is 61.0 Å². The van der Waals surface area contributed by atoms with Gasteiger partial charge in [-0.25, -0.2) is 13.2 Å². The van der Waals surface area contributed by atoms with Crippen molar-refractivity contribution in [1.29, 1.82) is 0 Å². The summed E-state index contributed by atoms with van der Waals surface area (Å²) < 4.78 is 28.2. The Morgan fingerprint density at radius 1 is 1.38 bits per heavy atom. The van der Waals surface area contributed by atoms with Crippen LogP contribution in [0.4, 0.5) is 0 Å². The summed E-state index contributed by atoms with van der Waals surface area (Å²) in [6, 6.07) is 4.10. The van der Waals surface area contributed by atoms with Crippen molar-refractivity contribution in [2.75, 3.05) is 18.6 Å². The van der Waals surface area contributed by atoms with Gasteiger partial charge in [0.05, 0.1) is 11.5 Å². The summed E-state index contributed by atoms with van der Waals surface area (Å²) in [4.78, 5) is 25.8. The molecule has 1 amide bonds. The third-order valence-electron chi connectivity index (χ3n) is 4.11. The minimum absolute atomic E-state index is 0.0132. The Kier molecular flexibility index (Phi) is 5.17. The fourth-order valence-corrected chi connectivity index (χ4v) is 4.41. The Labute approximate surface area is 141 Å². The molecule has 1 heterocycles. The number of esters is 1. The number of sulfone groups is 1. The lowest BCUT2D eigenvalue weighted by Crippen LogP contribution is -2.44. The average Bonchev–Trinajstić information content (AvgIpc) is 2.88. The lowest BCUT2D eigenvalue weighted by atomic mass is 10.1. The van der Waals surface area contributed by atoms with E-state index in [1.165, 1.54) is 31.0 Å². The normalized spacial score (nSPS) is 20.4. The quantitative estimate of drug-likeness (QED) is 0.805. The number of phenols is 1. The number of phenolic OH excluding ortho intramolecular Hbond substituents is 1. The van der Waals surface area contributed by atoms with Gasteiger partial charge in [-0.05, 0) is 32.4 Å². The van der Waals surface area contributed by atoms with E-state index in [1.54, 1.807) is 13.0 Å². The summed E-state index contributed by atoms with van der Waals surface area (Å²) >= 11 is 0. The van der Waals surface area contributed by atoms with Gasteiger partial charge in [-0.15, -0.1) is 0 Å². The van der Waals surface area contributed by atoms with Crippen LogP contribution in [0.15, 0.2) is 18.2 Å². The first-order valence-corrected chi connectivity index (χ1v) is 9.40. The van der Waals surface area contributed by atoms with Crippen molar-refractivity contribution >= 4 is 21.7 Å². The van der Waals surface area contributed by atoms with Crippen LogP contribution in [0.2, 0.25) is 0 Å². The number of carbonyl (C=O) groups is 2. The number of hydrogen-bond donors (Lipinski definition) is 1. The maximum absolute atomic E-state index is 12.4. The van der Waals surface area contributed by atoms with Crippen molar-refractivity contribution < 1.29 is 27.9 Å². The summed E-state index contributed by atoms with van der Waals surface area (Å²) in [6.45, 7) is 3.19. The molecular formula is C16H21NO6S. The molecule has 24 heavy (non-hydrogen) atoms. The van der Waals surface area contributed by atoms with Crippen LogP contribution in [-0.2, 0) is 19.4 Å². The molecule has 7 nitrogen and oxygen atoms in total. The minimum atomic E-state index is -3.11. The molecule has 0 bridgehead atoms. The van der Waals surface area contributed by atoms with Gasteiger partial charge in [-0.3, -0.25) is 4.79 Å². The lowest BCUT2D eigenvalue weighted by molar-refractivity contribution is -0.140. The second-order valence-electron chi connectivity index (χ2n) is 6.07. The van der Waals surface area contributed by atoms with Crippen LogP contribution in [0, 0.1) is 6.92 Å². The lowest BCUT2D eigenvalue weighted by Gasteiger charge is -2.26. The van der Waals surface area contributed by atoms with Crippen molar-refractivity contribution in [2.24, 2.45) is 0 Å². The molecule has 0 saturated carbocycles. The highest BCUT2D eigenvalue weighted by atomic mass is 32.2. The van der Waals surface area contributed by atoms with Gasteiger partial charge in [-0.1, -0.05) is 11.6 Å². The zero-order valence-electron chi connectivity index (χ0n) is 13.9. The topological polar surface area (TPSA) is 101 Å². The smallest absolute Gasteiger partial charge is 0.342 e. The van der Waals surface area contributed by atoms with E-state index in [0.717, 1.165) is 5.56 Å². The molecule has 1 aliphatic heterocycles. The molecule has 8 heteroatoms. The largest absolute Gasteiger partial charge is 0.507 e. The van der Waals surface area contributed by atoms with E-state index >= 15 is 0 Å². The van der Waals surface area contributed by atoms with Gasteiger partial charge in [0, 0.05) is 13.1 Å². The van der Waals surface area contributed by atoms with Crippen LogP contribution in [0.5, 0.6) is 5.75 Å². The van der Waals surface area contributed by atoms with E-state index in [1.807, 2.05) is 0 Å². The van der Waals surface area contributed by atoms with Crippen LogP contribution in [0.1, 0.15) is 29.3 Å². The third kappa shape index (κ3) is 4.05. The zero-order chi connectivity index (χ0) is 18.1. The first-order valence-electron chi connectivity index (χ1n) is 7.58. The summed E-state index contributed by atoms with van der Waals surface area (Å²) in [5.41, 5.74) is 0.757. The molecule has 0 unspecified atom stereocenters. The SMILES string of the molecule is Cc1ccc(O)c(C(=O)O[C@H](C)C(=O)N(C)[C@@H]2CCS(=O)(=O)C2)c1. The molecule has 0 radical (unpaired) electrons. The zero-order valence-corrected chi connectivity index (χ0v) is 14.7. The molecule has 1 saturated heterocycles. The number of amides is 1. The predicted octanol–water partition coefficient (Wildman–Crippen LogP) is 0.891. The van der Waals surface area contributed by atoms with E-state index in [2.05, 4.69) is 0 Å². The Hall–Kier alpha value is -2.09. The van der Waals surface area contributed by atoms with Gasteiger partial charge in [0.25, 0.3) is 5.91 Å². The fourth-order valence-electron chi connectivity index (χ4n) is 2.64. The molecule has 1 N–H and O–H groups in total. The first kappa shape index (κ1) is 18.3. The van der Waals surface area contributed by atoms with E-state index in [9.17, 15) is 23.1 Å². The highest BCUT2D eigenvalue weighted by Gasteiger charge is 2.35. The van der Waals surface area contributed by atoms with Crippen molar-refractivity contribution in [1.82, 2.24) is 4.90 Å². The molecular weight excluding hydrogens is 334 g/mol. The summed E-state index contributed by atoms with van der Waals surface area (Å²) in [7, 11) is -1.61. The Morgan fingerprint density at radius 2 is 2.04 bits per heavy atom. The van der Waals surface area contributed by atoms with Gasteiger partial charge < -0.3 is 14.7 Å². The Morgan fingerprint density at radius 3 is 2.62 bits per heavy atom. The molecule has 1 fully saturated rings. The van der Waals surface area contributed by atoms with E-state index in [-0.39, 0.29) is 22.8 Å². The number of rotatable bonds is 4. The Bertz CT molecular complexity index is 758. The maximum Gasteiger partial charge on any atom is 0.342 e. The molecule has 0 spiro atoms. The highest BCUT2D eigenvalue weighted by molar-refractivity contribution is 7.91. The van der Waals surface area contributed by atoms with E-state index in [4.69, 9.17) is 4.74 Å². The fraction of sp³-hybridized carbons (Fsp3) is 0.500. The van der Waals surface area contributed by atoms with E-state index in [0.29, 0.717) is 6.42 Å². The van der Waals surface area contributed by atoms with Gasteiger partial charge in [-0.2, -0.15) is 0 Å². The maximum atomic E-state index is 12.4. The van der Waals surface area contributed by atoms with Crippen molar-refractivity contribution in [3.8, 4) is 5.75 Å². The monoisotopic (exact) mass is 355 g/mol.